The Labute approximate surface area is 244 Å². The molecule has 0 saturated carbocycles. The summed E-state index contributed by atoms with van der Waals surface area (Å²) in [7, 11) is -2.61. The van der Waals surface area contributed by atoms with Crippen LogP contribution in [0.3, 0.4) is 0 Å². The van der Waals surface area contributed by atoms with E-state index in [0.29, 0.717) is 28.6 Å². The van der Waals surface area contributed by atoms with Gasteiger partial charge in [-0.05, 0) is 71.4 Å². The van der Waals surface area contributed by atoms with Crippen molar-refractivity contribution in [2.45, 2.75) is 65.8 Å². The summed E-state index contributed by atoms with van der Waals surface area (Å²) in [5.41, 5.74) is 0.841. The minimum absolute atomic E-state index is 0.00462. The molecule has 1 aliphatic heterocycles. The predicted molar refractivity (Wildman–Crippen MR) is 155 cm³/mol. The summed E-state index contributed by atoms with van der Waals surface area (Å²) >= 11 is 0. The molecule has 2 amide bonds. The molecule has 42 heavy (non-hydrogen) atoms. The first-order valence-electron chi connectivity index (χ1n) is 13.1. The molecule has 2 aromatic carbocycles. The molecule has 3 aromatic rings. The Hall–Kier alpha value is -4.10. The molecule has 0 fully saturated rings. The van der Waals surface area contributed by atoms with Gasteiger partial charge in [0.05, 0.1) is 42.3 Å². The molecule has 1 aromatic heterocycles. The second kappa shape index (κ2) is 11.0. The van der Waals surface area contributed by atoms with Crippen molar-refractivity contribution in [3.05, 3.63) is 47.0 Å². The SMILES string of the molecule is COc1cc(-c2cc3cc(CN(C=O)OC(C)(C)C)ccc3n2C(=O)OC(C)(C)C)c2c(c1OS(C)(=O)=O)CNC2=O. The van der Waals surface area contributed by atoms with Crippen LogP contribution in [0.25, 0.3) is 22.2 Å². The third kappa shape index (κ3) is 6.68. The Morgan fingerprint density at radius 3 is 2.36 bits per heavy atom. The first-order valence-corrected chi connectivity index (χ1v) is 14.9. The van der Waals surface area contributed by atoms with E-state index in [-0.39, 0.29) is 35.7 Å². The highest BCUT2D eigenvalue weighted by molar-refractivity contribution is 7.86. The van der Waals surface area contributed by atoms with Crippen molar-refractivity contribution < 1.29 is 41.3 Å². The van der Waals surface area contributed by atoms with Crippen LogP contribution in [0.1, 0.15) is 63.0 Å². The molecule has 0 bridgehead atoms. The second-order valence-corrected chi connectivity index (χ2v) is 13.5. The number of aromatic nitrogens is 1. The van der Waals surface area contributed by atoms with E-state index in [4.69, 9.17) is 18.5 Å². The fraction of sp³-hybridized carbons (Fsp3) is 0.414. The smallest absolute Gasteiger partial charge is 0.419 e. The monoisotopic (exact) mass is 601 g/mol. The molecule has 4 rings (SSSR count). The topological polar surface area (TPSA) is 142 Å². The van der Waals surface area contributed by atoms with E-state index < -0.39 is 33.3 Å². The van der Waals surface area contributed by atoms with Crippen molar-refractivity contribution in [3.8, 4) is 22.8 Å². The highest BCUT2D eigenvalue weighted by Gasteiger charge is 2.34. The molecule has 226 valence electrons. The van der Waals surface area contributed by atoms with E-state index in [1.54, 1.807) is 45.0 Å². The molecule has 12 nitrogen and oxygen atoms in total. The number of carbonyl (C=O) groups is 3. The van der Waals surface area contributed by atoms with Crippen LogP contribution < -0.4 is 14.2 Å². The van der Waals surface area contributed by atoms with Gasteiger partial charge in [-0.3, -0.25) is 14.4 Å². The maximum absolute atomic E-state index is 13.6. The molecular weight excluding hydrogens is 566 g/mol. The number of rotatable bonds is 8. The van der Waals surface area contributed by atoms with Crippen molar-refractivity contribution in [1.29, 1.82) is 0 Å². The molecule has 2 heterocycles. The third-order valence-electron chi connectivity index (χ3n) is 6.02. The van der Waals surface area contributed by atoms with E-state index in [1.165, 1.54) is 22.8 Å². The molecular formula is C29H35N3O9S. The Bertz CT molecular complexity index is 1680. The van der Waals surface area contributed by atoms with Gasteiger partial charge in [0.15, 0.2) is 11.5 Å². The molecule has 13 heteroatoms. The van der Waals surface area contributed by atoms with Crippen LogP contribution in [0.5, 0.6) is 11.5 Å². The number of methoxy groups -OCH3 is 1. The zero-order chi connectivity index (χ0) is 31.2. The Morgan fingerprint density at radius 1 is 1.10 bits per heavy atom. The van der Waals surface area contributed by atoms with Crippen molar-refractivity contribution in [2.24, 2.45) is 0 Å². The lowest BCUT2D eigenvalue weighted by molar-refractivity contribution is -0.220. The number of hydrogen-bond donors (Lipinski definition) is 1. The first kappa shape index (κ1) is 30.8. The van der Waals surface area contributed by atoms with E-state index >= 15 is 0 Å². The minimum atomic E-state index is -3.95. The normalized spacial score (nSPS) is 13.5. The van der Waals surface area contributed by atoms with Crippen LogP contribution in [0.4, 0.5) is 4.79 Å². The van der Waals surface area contributed by atoms with Gasteiger partial charge in [-0.25, -0.2) is 14.4 Å². The van der Waals surface area contributed by atoms with Gasteiger partial charge in [-0.2, -0.15) is 8.42 Å². The van der Waals surface area contributed by atoms with E-state index in [9.17, 15) is 22.8 Å². The van der Waals surface area contributed by atoms with Crippen molar-refractivity contribution in [1.82, 2.24) is 14.9 Å². The van der Waals surface area contributed by atoms with Crippen LogP contribution >= 0.6 is 0 Å². The fourth-order valence-corrected chi connectivity index (χ4v) is 5.15. The third-order valence-corrected chi connectivity index (χ3v) is 6.49. The lowest BCUT2D eigenvalue weighted by Gasteiger charge is -2.26. The van der Waals surface area contributed by atoms with E-state index in [2.05, 4.69) is 5.32 Å². The zero-order valence-electron chi connectivity index (χ0n) is 24.9. The maximum atomic E-state index is 13.6. The highest BCUT2D eigenvalue weighted by atomic mass is 32.2. The van der Waals surface area contributed by atoms with Crippen LogP contribution in [-0.4, -0.2) is 61.0 Å². The summed E-state index contributed by atoms with van der Waals surface area (Å²) in [6.45, 7) is 10.8. The maximum Gasteiger partial charge on any atom is 0.419 e. The lowest BCUT2D eigenvalue weighted by Crippen LogP contribution is -2.32. The first-order chi connectivity index (χ1) is 19.4. The number of carbonyl (C=O) groups excluding carboxylic acids is 3. The summed E-state index contributed by atoms with van der Waals surface area (Å²) in [5, 5.41) is 4.51. The Morgan fingerprint density at radius 2 is 1.79 bits per heavy atom. The summed E-state index contributed by atoms with van der Waals surface area (Å²) in [4.78, 5) is 44.1. The lowest BCUT2D eigenvalue weighted by atomic mass is 9.98. The zero-order valence-corrected chi connectivity index (χ0v) is 25.7. The van der Waals surface area contributed by atoms with Crippen LogP contribution in [0.15, 0.2) is 30.3 Å². The van der Waals surface area contributed by atoms with Gasteiger partial charge in [-0.1, -0.05) is 6.07 Å². The number of hydrogen-bond acceptors (Lipinski definition) is 9. The predicted octanol–water partition coefficient (Wildman–Crippen LogP) is 4.37. The number of nitrogens with zero attached hydrogens (tertiary/aromatic N) is 2. The minimum Gasteiger partial charge on any atom is -0.493 e. The number of nitrogens with one attached hydrogen (secondary N) is 1. The summed E-state index contributed by atoms with van der Waals surface area (Å²) in [6.07, 6.45) is 0.808. The Balaban J connectivity index is 1.95. The highest BCUT2D eigenvalue weighted by Crippen LogP contribution is 2.44. The van der Waals surface area contributed by atoms with Gasteiger partial charge in [0.1, 0.15) is 5.60 Å². The van der Waals surface area contributed by atoms with Crippen molar-refractivity contribution in [3.63, 3.8) is 0 Å². The average Bonchev–Trinajstić information content (AvgIpc) is 3.42. The number of benzene rings is 2. The molecule has 0 atom stereocenters. The van der Waals surface area contributed by atoms with Crippen LogP contribution in [0.2, 0.25) is 0 Å². The summed E-state index contributed by atoms with van der Waals surface area (Å²) in [6, 6.07) is 8.47. The summed E-state index contributed by atoms with van der Waals surface area (Å²) < 4.78 is 41.8. The average molecular weight is 602 g/mol. The van der Waals surface area contributed by atoms with Crippen LogP contribution in [0, 0.1) is 0 Å². The van der Waals surface area contributed by atoms with Gasteiger partial charge in [0.2, 0.25) is 6.41 Å². The molecule has 0 aliphatic carbocycles. The molecule has 0 radical (unpaired) electrons. The number of fused-ring (bicyclic) bond motifs is 2. The molecule has 1 N–H and O–H groups in total. The van der Waals surface area contributed by atoms with Gasteiger partial charge in [0.25, 0.3) is 5.91 Å². The Kier molecular flexibility index (Phi) is 8.04. The molecule has 0 saturated heterocycles. The second-order valence-electron chi connectivity index (χ2n) is 11.9. The standard InChI is InChI=1S/C29H35N3O9S/c1-28(2,3)39-27(35)32-21-10-9-17(15-31(16-33)41-29(4,5)6)11-18(21)12-22(32)19-13-23(38-7)25(40-42(8,36)37)20-14-30-26(34)24(19)20/h9-13,16H,14-15H2,1-8H3,(H,30,34). The molecule has 0 spiro atoms. The van der Waals surface area contributed by atoms with Gasteiger partial charge in [-0.15, -0.1) is 0 Å². The largest absolute Gasteiger partial charge is 0.493 e. The quantitative estimate of drug-likeness (QED) is 0.226. The van der Waals surface area contributed by atoms with E-state index in [0.717, 1.165) is 11.8 Å². The molecule has 1 aliphatic rings. The van der Waals surface area contributed by atoms with Gasteiger partial charge in [0, 0.05) is 23.1 Å². The number of amides is 2. The number of hydroxylamine groups is 2. The van der Waals surface area contributed by atoms with Crippen LogP contribution in [-0.2, 0) is 37.6 Å². The van der Waals surface area contributed by atoms with Crippen molar-refractivity contribution in [2.75, 3.05) is 13.4 Å². The van der Waals surface area contributed by atoms with E-state index in [1.807, 2.05) is 20.8 Å². The van der Waals surface area contributed by atoms with Gasteiger partial charge >= 0.3 is 16.2 Å². The summed E-state index contributed by atoms with van der Waals surface area (Å²) in [5.74, 6) is -0.510. The fourth-order valence-electron chi connectivity index (χ4n) is 4.66. The molecule has 0 unspecified atom stereocenters. The number of ether oxygens (including phenoxy) is 2. The van der Waals surface area contributed by atoms with Gasteiger partial charge < -0.3 is 19.0 Å². The van der Waals surface area contributed by atoms with Crippen molar-refractivity contribution >= 4 is 39.4 Å².